The molecule has 0 bridgehead atoms. The van der Waals surface area contributed by atoms with Gasteiger partial charge in [0.15, 0.2) is 0 Å². The van der Waals surface area contributed by atoms with Gasteiger partial charge in [0.2, 0.25) is 5.91 Å². The molecule has 0 spiro atoms. The molecule has 0 fully saturated rings. The Morgan fingerprint density at radius 3 is 2.87 bits per heavy atom. The average molecular weight is 214 g/mol. The zero-order valence-corrected chi connectivity index (χ0v) is 9.66. The molecule has 4 nitrogen and oxygen atoms in total. The molecule has 0 aliphatic rings. The fourth-order valence-corrected chi connectivity index (χ4v) is 1.08. The summed E-state index contributed by atoms with van der Waals surface area (Å²) >= 11 is 0. The second-order valence-corrected chi connectivity index (χ2v) is 3.59. The van der Waals surface area contributed by atoms with Crippen LogP contribution in [-0.2, 0) is 9.53 Å². The van der Waals surface area contributed by atoms with E-state index < -0.39 is 6.04 Å². The SMILES string of the molecule is C=COCCCNC(=O)[C@@H](N)[C@@H](C)CC. The van der Waals surface area contributed by atoms with Crippen molar-refractivity contribution in [2.75, 3.05) is 13.2 Å². The van der Waals surface area contributed by atoms with Crippen LogP contribution < -0.4 is 11.1 Å². The third kappa shape index (κ3) is 6.12. The Morgan fingerprint density at radius 1 is 1.67 bits per heavy atom. The zero-order valence-electron chi connectivity index (χ0n) is 9.66. The number of ether oxygens (including phenoxy) is 1. The molecule has 0 aromatic carbocycles. The predicted molar refractivity (Wildman–Crippen MR) is 61.2 cm³/mol. The minimum absolute atomic E-state index is 0.0806. The summed E-state index contributed by atoms with van der Waals surface area (Å²) < 4.78 is 4.93. The van der Waals surface area contributed by atoms with Crippen LogP contribution in [0.5, 0.6) is 0 Å². The highest BCUT2D eigenvalue weighted by Gasteiger charge is 2.18. The highest BCUT2D eigenvalue weighted by molar-refractivity contribution is 5.81. The quantitative estimate of drug-likeness (QED) is 0.468. The molecular weight excluding hydrogens is 192 g/mol. The normalized spacial score (nSPS) is 14.1. The maximum atomic E-state index is 11.5. The highest BCUT2D eigenvalue weighted by Crippen LogP contribution is 2.04. The van der Waals surface area contributed by atoms with Crippen molar-refractivity contribution in [1.82, 2.24) is 5.32 Å². The van der Waals surface area contributed by atoms with Crippen molar-refractivity contribution >= 4 is 5.91 Å². The summed E-state index contributed by atoms with van der Waals surface area (Å²) in [5.74, 6) is 0.136. The van der Waals surface area contributed by atoms with Crippen LogP contribution in [0.25, 0.3) is 0 Å². The molecule has 0 rings (SSSR count). The number of nitrogens with one attached hydrogen (secondary N) is 1. The second-order valence-electron chi connectivity index (χ2n) is 3.59. The third-order valence-electron chi connectivity index (χ3n) is 2.42. The number of amides is 1. The van der Waals surface area contributed by atoms with Crippen LogP contribution in [0.15, 0.2) is 12.8 Å². The van der Waals surface area contributed by atoms with E-state index in [1.54, 1.807) is 0 Å². The number of hydrogen-bond donors (Lipinski definition) is 2. The van der Waals surface area contributed by atoms with Crippen molar-refractivity contribution in [2.24, 2.45) is 11.7 Å². The summed E-state index contributed by atoms with van der Waals surface area (Å²) in [4.78, 5) is 11.5. The maximum Gasteiger partial charge on any atom is 0.237 e. The molecule has 0 radical (unpaired) electrons. The minimum Gasteiger partial charge on any atom is -0.502 e. The summed E-state index contributed by atoms with van der Waals surface area (Å²) in [6.07, 6.45) is 3.08. The summed E-state index contributed by atoms with van der Waals surface area (Å²) in [6, 6.07) is -0.407. The third-order valence-corrected chi connectivity index (χ3v) is 2.42. The monoisotopic (exact) mass is 214 g/mol. The van der Waals surface area contributed by atoms with Gasteiger partial charge in [-0.2, -0.15) is 0 Å². The topological polar surface area (TPSA) is 64.3 Å². The minimum atomic E-state index is -0.407. The van der Waals surface area contributed by atoms with Crippen LogP contribution in [0.4, 0.5) is 0 Å². The Bertz CT molecular complexity index is 195. The molecule has 15 heavy (non-hydrogen) atoms. The van der Waals surface area contributed by atoms with Crippen molar-refractivity contribution in [3.05, 3.63) is 12.8 Å². The van der Waals surface area contributed by atoms with E-state index in [1.807, 2.05) is 13.8 Å². The van der Waals surface area contributed by atoms with Gasteiger partial charge in [-0.1, -0.05) is 26.8 Å². The average Bonchev–Trinajstić information content (AvgIpc) is 2.26. The van der Waals surface area contributed by atoms with E-state index in [2.05, 4.69) is 11.9 Å². The molecule has 0 aliphatic carbocycles. The van der Waals surface area contributed by atoms with E-state index in [9.17, 15) is 4.79 Å². The standard InChI is InChI=1S/C11H22N2O2/c1-4-9(3)10(12)11(14)13-7-6-8-15-5-2/h5,9-10H,2,4,6-8,12H2,1,3H3,(H,13,14)/t9-,10-/m0/s1. The zero-order chi connectivity index (χ0) is 11.7. The molecule has 3 N–H and O–H groups in total. The first kappa shape index (κ1) is 14.0. The van der Waals surface area contributed by atoms with E-state index in [0.717, 1.165) is 12.8 Å². The molecule has 0 unspecified atom stereocenters. The van der Waals surface area contributed by atoms with Crippen LogP contribution in [0, 0.1) is 5.92 Å². The van der Waals surface area contributed by atoms with Crippen molar-refractivity contribution in [3.8, 4) is 0 Å². The van der Waals surface area contributed by atoms with Crippen LogP contribution in [0.2, 0.25) is 0 Å². The Hall–Kier alpha value is -1.03. The number of nitrogens with two attached hydrogens (primary N) is 1. The van der Waals surface area contributed by atoms with Crippen LogP contribution in [-0.4, -0.2) is 25.1 Å². The van der Waals surface area contributed by atoms with Gasteiger partial charge in [0.1, 0.15) is 0 Å². The van der Waals surface area contributed by atoms with Crippen molar-refractivity contribution < 1.29 is 9.53 Å². The van der Waals surface area contributed by atoms with Gasteiger partial charge < -0.3 is 15.8 Å². The Balaban J connectivity index is 3.60. The number of carbonyl (C=O) groups is 1. The van der Waals surface area contributed by atoms with Gasteiger partial charge in [-0.15, -0.1) is 0 Å². The van der Waals surface area contributed by atoms with Crippen LogP contribution >= 0.6 is 0 Å². The molecule has 88 valence electrons. The van der Waals surface area contributed by atoms with E-state index >= 15 is 0 Å². The Kier molecular flexibility index (Phi) is 7.72. The van der Waals surface area contributed by atoms with Crippen molar-refractivity contribution in [1.29, 1.82) is 0 Å². The van der Waals surface area contributed by atoms with Gasteiger partial charge in [0.25, 0.3) is 0 Å². The van der Waals surface area contributed by atoms with Gasteiger partial charge in [-0.25, -0.2) is 0 Å². The fourth-order valence-electron chi connectivity index (χ4n) is 1.08. The molecule has 0 aromatic heterocycles. The number of rotatable bonds is 8. The van der Waals surface area contributed by atoms with Crippen LogP contribution in [0.1, 0.15) is 26.7 Å². The van der Waals surface area contributed by atoms with E-state index in [1.165, 1.54) is 6.26 Å². The maximum absolute atomic E-state index is 11.5. The summed E-state index contributed by atoms with van der Waals surface area (Å²) in [5, 5.41) is 2.78. The van der Waals surface area contributed by atoms with Crippen molar-refractivity contribution in [3.63, 3.8) is 0 Å². The van der Waals surface area contributed by atoms with Gasteiger partial charge in [-0.05, 0) is 12.3 Å². The first-order chi connectivity index (χ1) is 7.13. The van der Waals surface area contributed by atoms with E-state index in [-0.39, 0.29) is 11.8 Å². The summed E-state index contributed by atoms with van der Waals surface area (Å²) in [7, 11) is 0. The van der Waals surface area contributed by atoms with Gasteiger partial charge in [0.05, 0.1) is 18.9 Å². The number of hydrogen-bond acceptors (Lipinski definition) is 3. The molecule has 0 aliphatic heterocycles. The first-order valence-electron chi connectivity index (χ1n) is 5.39. The lowest BCUT2D eigenvalue weighted by atomic mass is 9.99. The second kappa shape index (κ2) is 8.29. The summed E-state index contributed by atoms with van der Waals surface area (Å²) in [5.41, 5.74) is 5.75. The molecular formula is C11H22N2O2. The van der Waals surface area contributed by atoms with E-state index in [0.29, 0.717) is 13.2 Å². The van der Waals surface area contributed by atoms with Crippen molar-refractivity contribution in [2.45, 2.75) is 32.7 Å². The smallest absolute Gasteiger partial charge is 0.237 e. The molecule has 0 saturated heterocycles. The molecule has 0 heterocycles. The molecule has 0 aromatic rings. The van der Waals surface area contributed by atoms with Gasteiger partial charge in [0, 0.05) is 6.54 Å². The molecule has 2 atom stereocenters. The van der Waals surface area contributed by atoms with Gasteiger partial charge >= 0.3 is 0 Å². The lowest BCUT2D eigenvalue weighted by Gasteiger charge is -2.17. The first-order valence-corrected chi connectivity index (χ1v) is 5.39. The molecule has 0 saturated carbocycles. The predicted octanol–water partition coefficient (Wildman–Crippen LogP) is 1.03. The van der Waals surface area contributed by atoms with E-state index in [4.69, 9.17) is 10.5 Å². The largest absolute Gasteiger partial charge is 0.502 e. The van der Waals surface area contributed by atoms with Gasteiger partial charge in [-0.3, -0.25) is 4.79 Å². The molecule has 4 heteroatoms. The summed E-state index contributed by atoms with van der Waals surface area (Å²) in [6.45, 7) is 8.59. The fraction of sp³-hybridized carbons (Fsp3) is 0.727. The Labute approximate surface area is 91.9 Å². The lowest BCUT2D eigenvalue weighted by Crippen LogP contribution is -2.44. The molecule has 1 amide bonds. The number of carbonyl (C=O) groups excluding carboxylic acids is 1. The highest BCUT2D eigenvalue weighted by atomic mass is 16.5. The lowest BCUT2D eigenvalue weighted by molar-refractivity contribution is -0.123. The Morgan fingerprint density at radius 2 is 2.33 bits per heavy atom. The van der Waals surface area contributed by atoms with Crippen LogP contribution in [0.3, 0.4) is 0 Å².